The lowest BCUT2D eigenvalue weighted by Gasteiger charge is -2.09. The van der Waals surface area contributed by atoms with E-state index in [-0.39, 0.29) is 5.91 Å². The van der Waals surface area contributed by atoms with E-state index in [2.05, 4.69) is 36.5 Å². The van der Waals surface area contributed by atoms with Gasteiger partial charge in [0.1, 0.15) is 5.69 Å². The number of amides is 1. The van der Waals surface area contributed by atoms with Crippen molar-refractivity contribution in [2.24, 2.45) is 0 Å². The highest BCUT2D eigenvalue weighted by Gasteiger charge is 2.11. The molecule has 0 spiro atoms. The second kappa shape index (κ2) is 7.86. The molecule has 0 saturated carbocycles. The van der Waals surface area contributed by atoms with Gasteiger partial charge in [-0.05, 0) is 41.1 Å². The van der Waals surface area contributed by atoms with Gasteiger partial charge in [-0.15, -0.1) is 0 Å². The molecule has 2 aromatic rings. The number of ether oxygens (including phenoxy) is 1. The van der Waals surface area contributed by atoms with Gasteiger partial charge in [0.2, 0.25) is 5.95 Å². The molecule has 0 atom stereocenters. The fourth-order valence-electron chi connectivity index (χ4n) is 1.78. The first-order chi connectivity index (χ1) is 10.6. The van der Waals surface area contributed by atoms with E-state index in [9.17, 15) is 4.79 Å². The molecule has 0 bridgehead atoms. The maximum Gasteiger partial charge on any atom is 0.270 e. The molecule has 1 heterocycles. The molecule has 0 aliphatic rings. The van der Waals surface area contributed by atoms with E-state index in [1.807, 2.05) is 31.2 Å². The number of rotatable bonds is 6. The van der Waals surface area contributed by atoms with Crippen molar-refractivity contribution < 1.29 is 9.53 Å². The summed E-state index contributed by atoms with van der Waals surface area (Å²) >= 11 is 3.45. The van der Waals surface area contributed by atoms with E-state index in [0.29, 0.717) is 30.5 Å². The summed E-state index contributed by atoms with van der Waals surface area (Å²) in [5.41, 5.74) is 1.86. The van der Waals surface area contributed by atoms with Crippen LogP contribution in [0, 0.1) is 6.92 Å². The number of nitrogens with zero attached hydrogens (tertiary/aromatic N) is 2. The number of carbonyl (C=O) groups excluding carboxylic acids is 1. The average Bonchev–Trinajstić information content (AvgIpc) is 2.49. The maximum absolute atomic E-state index is 12.0. The molecule has 0 aliphatic heterocycles. The van der Waals surface area contributed by atoms with Gasteiger partial charge >= 0.3 is 0 Å². The highest BCUT2D eigenvalue weighted by atomic mass is 79.9. The van der Waals surface area contributed by atoms with Crippen molar-refractivity contribution in [3.05, 3.63) is 46.2 Å². The van der Waals surface area contributed by atoms with Crippen molar-refractivity contribution in [2.45, 2.75) is 6.92 Å². The summed E-state index contributed by atoms with van der Waals surface area (Å²) in [7, 11) is 1.58. The smallest absolute Gasteiger partial charge is 0.270 e. The Kier molecular flexibility index (Phi) is 5.85. The van der Waals surface area contributed by atoms with E-state index in [1.165, 1.54) is 0 Å². The van der Waals surface area contributed by atoms with Crippen LogP contribution in [0.3, 0.4) is 0 Å². The second-order valence-electron chi connectivity index (χ2n) is 4.57. The van der Waals surface area contributed by atoms with Crippen LogP contribution in [0.15, 0.2) is 34.8 Å². The van der Waals surface area contributed by atoms with Crippen LogP contribution in [0.5, 0.6) is 0 Å². The van der Waals surface area contributed by atoms with Gasteiger partial charge in [-0.3, -0.25) is 4.79 Å². The van der Waals surface area contributed by atoms with Crippen LogP contribution >= 0.6 is 15.9 Å². The molecular formula is C15H17BrN4O2. The molecule has 0 fully saturated rings. The number of nitrogens with one attached hydrogen (secondary N) is 2. The summed E-state index contributed by atoms with van der Waals surface area (Å²) in [4.78, 5) is 20.6. The number of hydrogen-bond acceptors (Lipinski definition) is 5. The van der Waals surface area contributed by atoms with Crippen molar-refractivity contribution >= 4 is 33.5 Å². The lowest BCUT2D eigenvalue weighted by atomic mass is 10.3. The zero-order valence-electron chi connectivity index (χ0n) is 12.4. The summed E-state index contributed by atoms with van der Waals surface area (Å²) in [5.74, 6) is 0.126. The molecule has 6 nitrogen and oxygen atoms in total. The van der Waals surface area contributed by atoms with E-state index in [4.69, 9.17) is 4.74 Å². The third-order valence-corrected chi connectivity index (χ3v) is 3.49. The number of hydrogen-bond donors (Lipinski definition) is 2. The first-order valence-electron chi connectivity index (χ1n) is 6.74. The lowest BCUT2D eigenvalue weighted by Crippen LogP contribution is -2.28. The average molecular weight is 365 g/mol. The van der Waals surface area contributed by atoms with Gasteiger partial charge < -0.3 is 15.4 Å². The SMILES string of the molecule is COCCNC(=O)c1cc(C)nc(Nc2ccccc2Br)n1. The molecule has 1 amide bonds. The van der Waals surface area contributed by atoms with Crippen LogP contribution in [-0.2, 0) is 4.74 Å². The molecule has 1 aromatic carbocycles. The van der Waals surface area contributed by atoms with Gasteiger partial charge in [0.15, 0.2) is 0 Å². The molecule has 1 aromatic heterocycles. The molecule has 0 aliphatic carbocycles. The monoisotopic (exact) mass is 364 g/mol. The van der Waals surface area contributed by atoms with Crippen molar-refractivity contribution in [2.75, 3.05) is 25.6 Å². The minimum Gasteiger partial charge on any atom is -0.383 e. The predicted molar refractivity (Wildman–Crippen MR) is 88.4 cm³/mol. The molecule has 22 heavy (non-hydrogen) atoms. The Labute approximate surface area is 137 Å². The van der Waals surface area contributed by atoms with Gasteiger partial charge in [0.25, 0.3) is 5.91 Å². The number of benzene rings is 1. The van der Waals surface area contributed by atoms with Crippen molar-refractivity contribution in [1.82, 2.24) is 15.3 Å². The standard InChI is InChI=1S/C15H17BrN4O2/c1-10-9-13(14(21)17-7-8-22-2)20-15(18-10)19-12-6-4-3-5-11(12)16/h3-6,9H,7-8H2,1-2H3,(H,17,21)(H,18,19,20). The van der Waals surface area contributed by atoms with Crippen molar-refractivity contribution in [3.8, 4) is 0 Å². The minimum atomic E-state index is -0.252. The van der Waals surface area contributed by atoms with Crippen LogP contribution in [0.2, 0.25) is 0 Å². The van der Waals surface area contributed by atoms with E-state index in [1.54, 1.807) is 13.2 Å². The first kappa shape index (κ1) is 16.4. The number of para-hydroxylation sites is 1. The summed E-state index contributed by atoms with van der Waals surface area (Å²) < 4.78 is 5.80. The molecule has 0 saturated heterocycles. The largest absolute Gasteiger partial charge is 0.383 e. The van der Waals surface area contributed by atoms with Crippen molar-refractivity contribution in [1.29, 1.82) is 0 Å². The van der Waals surface area contributed by atoms with Crippen LogP contribution in [-0.4, -0.2) is 36.1 Å². The Bertz CT molecular complexity index is 664. The highest BCUT2D eigenvalue weighted by molar-refractivity contribution is 9.10. The number of anilines is 2. The van der Waals surface area contributed by atoms with Gasteiger partial charge in [0.05, 0.1) is 12.3 Å². The second-order valence-corrected chi connectivity index (χ2v) is 5.43. The number of halogens is 1. The summed E-state index contributed by atoms with van der Waals surface area (Å²) in [6.45, 7) is 2.71. The van der Waals surface area contributed by atoms with Crippen LogP contribution in [0.1, 0.15) is 16.2 Å². The Morgan fingerprint density at radius 3 is 2.82 bits per heavy atom. The number of methoxy groups -OCH3 is 1. The van der Waals surface area contributed by atoms with E-state index >= 15 is 0 Å². The summed E-state index contributed by atoms with van der Waals surface area (Å²) in [6.07, 6.45) is 0. The molecule has 116 valence electrons. The molecule has 0 unspecified atom stereocenters. The first-order valence-corrected chi connectivity index (χ1v) is 7.54. The number of carbonyl (C=O) groups is 1. The summed E-state index contributed by atoms with van der Waals surface area (Å²) in [6, 6.07) is 9.28. The molecular weight excluding hydrogens is 348 g/mol. The Hall–Kier alpha value is -1.99. The number of aryl methyl sites for hydroxylation is 1. The van der Waals surface area contributed by atoms with Gasteiger partial charge in [0, 0.05) is 23.8 Å². The van der Waals surface area contributed by atoms with E-state index < -0.39 is 0 Å². The Morgan fingerprint density at radius 1 is 1.32 bits per heavy atom. The molecule has 0 radical (unpaired) electrons. The molecule has 2 rings (SSSR count). The third kappa shape index (κ3) is 4.51. The zero-order chi connectivity index (χ0) is 15.9. The highest BCUT2D eigenvalue weighted by Crippen LogP contribution is 2.23. The normalized spacial score (nSPS) is 10.3. The lowest BCUT2D eigenvalue weighted by molar-refractivity contribution is 0.0932. The maximum atomic E-state index is 12.0. The third-order valence-electron chi connectivity index (χ3n) is 2.80. The zero-order valence-corrected chi connectivity index (χ0v) is 14.0. The van der Waals surface area contributed by atoms with Gasteiger partial charge in [-0.2, -0.15) is 0 Å². The van der Waals surface area contributed by atoms with Crippen LogP contribution in [0.4, 0.5) is 11.6 Å². The van der Waals surface area contributed by atoms with E-state index in [0.717, 1.165) is 10.2 Å². The van der Waals surface area contributed by atoms with Gasteiger partial charge in [-0.25, -0.2) is 9.97 Å². The number of aromatic nitrogens is 2. The Balaban J connectivity index is 2.16. The fraction of sp³-hybridized carbons (Fsp3) is 0.267. The molecule has 7 heteroatoms. The molecule has 2 N–H and O–H groups in total. The van der Waals surface area contributed by atoms with Crippen molar-refractivity contribution in [3.63, 3.8) is 0 Å². The minimum absolute atomic E-state index is 0.252. The Morgan fingerprint density at radius 2 is 2.09 bits per heavy atom. The van der Waals surface area contributed by atoms with Gasteiger partial charge in [-0.1, -0.05) is 12.1 Å². The topological polar surface area (TPSA) is 76.1 Å². The van der Waals surface area contributed by atoms with Crippen LogP contribution in [0.25, 0.3) is 0 Å². The van der Waals surface area contributed by atoms with Crippen LogP contribution < -0.4 is 10.6 Å². The fourth-order valence-corrected chi connectivity index (χ4v) is 2.16. The quantitative estimate of drug-likeness (QED) is 0.770. The summed E-state index contributed by atoms with van der Waals surface area (Å²) in [5, 5.41) is 5.84. The predicted octanol–water partition coefficient (Wildman–Crippen LogP) is 2.67.